The second kappa shape index (κ2) is 13.8. The number of amides is 2. The van der Waals surface area contributed by atoms with Crippen LogP contribution in [-0.4, -0.2) is 31.2 Å². The molecule has 1 fully saturated rings. The Kier molecular flexibility index (Phi) is 10.8. The topological polar surface area (TPSA) is 135 Å². The number of nitrogens with two attached hydrogens (primary N) is 2. The van der Waals surface area contributed by atoms with Crippen LogP contribution in [0.1, 0.15) is 80.8 Å². The predicted octanol–water partition coefficient (Wildman–Crippen LogP) is 5.56. The summed E-state index contributed by atoms with van der Waals surface area (Å²) in [5.41, 5.74) is 10.1. The maximum Gasteiger partial charge on any atom is 0.268 e. The number of nitrogens with zero attached hydrogens (tertiary/aromatic N) is 1. The van der Waals surface area contributed by atoms with Gasteiger partial charge in [0.25, 0.3) is 11.8 Å². The largest absolute Gasteiger partial charge is 0.492 e. The Labute approximate surface area is 242 Å². The molecule has 2 aromatic rings. The van der Waals surface area contributed by atoms with Gasteiger partial charge < -0.3 is 25.8 Å². The summed E-state index contributed by atoms with van der Waals surface area (Å²) in [5, 5.41) is 7.32. The molecule has 1 aliphatic carbocycles. The third kappa shape index (κ3) is 8.08. The Morgan fingerprint density at radius 2 is 1.73 bits per heavy atom. The highest BCUT2D eigenvalue weighted by Crippen LogP contribution is 2.39. The zero-order valence-corrected chi connectivity index (χ0v) is 25.3. The maximum absolute atomic E-state index is 13.4. The minimum absolute atomic E-state index is 0.0126. The van der Waals surface area contributed by atoms with Gasteiger partial charge in [0.1, 0.15) is 5.70 Å². The fraction of sp³-hybridized carbons (Fsp3) is 0.467. The van der Waals surface area contributed by atoms with E-state index in [9.17, 15) is 9.59 Å². The van der Waals surface area contributed by atoms with Crippen LogP contribution >= 0.6 is 11.9 Å². The average molecular weight is 569 g/mol. The Balaban J connectivity index is 1.83. The van der Waals surface area contributed by atoms with Gasteiger partial charge in [-0.15, -0.1) is 0 Å². The van der Waals surface area contributed by atoms with E-state index in [0.29, 0.717) is 22.7 Å². The van der Waals surface area contributed by atoms with Crippen molar-refractivity contribution in [2.75, 3.05) is 28.4 Å². The molecule has 0 heterocycles. The van der Waals surface area contributed by atoms with Crippen molar-refractivity contribution in [2.45, 2.75) is 77.7 Å². The molecular formula is C30H44N6O3S. The molecule has 9 nitrogen and oxygen atoms in total. The summed E-state index contributed by atoms with van der Waals surface area (Å²) in [6, 6.07) is 9.31. The first-order valence-electron chi connectivity index (χ1n) is 13.7. The maximum atomic E-state index is 13.4. The Hall–Kier alpha value is -3.37. The van der Waals surface area contributed by atoms with Gasteiger partial charge in [0, 0.05) is 24.1 Å². The normalized spacial score (nSPS) is 14.7. The van der Waals surface area contributed by atoms with Gasteiger partial charge >= 0.3 is 0 Å². The van der Waals surface area contributed by atoms with Gasteiger partial charge in [0.15, 0.2) is 5.75 Å². The summed E-state index contributed by atoms with van der Waals surface area (Å²) in [4.78, 5) is 26.1. The van der Waals surface area contributed by atoms with Crippen LogP contribution < -0.4 is 36.7 Å². The number of carbonyl (C=O) groups is 2. The number of anilines is 3. The van der Waals surface area contributed by atoms with Gasteiger partial charge in [-0.25, -0.2) is 5.84 Å². The molecular weight excluding hydrogens is 524 g/mol. The lowest BCUT2D eigenvalue weighted by molar-refractivity contribution is -0.118. The van der Waals surface area contributed by atoms with Gasteiger partial charge in [-0.05, 0) is 60.6 Å². The molecule has 1 saturated carbocycles. The van der Waals surface area contributed by atoms with Crippen LogP contribution in [0.3, 0.4) is 0 Å². The zero-order valence-electron chi connectivity index (χ0n) is 24.5. The van der Waals surface area contributed by atoms with Crippen LogP contribution in [0.15, 0.2) is 42.2 Å². The lowest BCUT2D eigenvalue weighted by Gasteiger charge is -2.24. The number of hydrogen-bond acceptors (Lipinski definition) is 8. The van der Waals surface area contributed by atoms with E-state index in [1.807, 2.05) is 31.4 Å². The van der Waals surface area contributed by atoms with E-state index >= 15 is 0 Å². The minimum atomic E-state index is -0.339. The highest BCUT2D eigenvalue weighted by atomic mass is 32.2. The standard InChI is InChI=1S/C30H44N6O3S/c1-19-13-14-20(15-26(19)36(32)18-23(31)29(38)33-22-11-9-7-8-10-12-22)28(37)34-24-16-21(30(2,3)4)17-25(35-40-6)27(24)39-5/h13-18,22,35H,7-12,31-32H2,1-6H3,(H,33,38)(H,34,37)/b23-18-. The summed E-state index contributed by atoms with van der Waals surface area (Å²) in [6.45, 7) is 8.22. The van der Waals surface area contributed by atoms with Gasteiger partial charge in [-0.3, -0.25) is 14.6 Å². The summed E-state index contributed by atoms with van der Waals surface area (Å²) >= 11 is 1.45. The molecule has 0 unspecified atom stereocenters. The number of nitrogens with one attached hydrogen (secondary N) is 3. The molecule has 0 aromatic heterocycles. The SMILES string of the molecule is COc1c(NSC)cc(C(C)(C)C)cc1NC(=O)c1ccc(C)c(N(N)/C=C(\N)C(=O)NC2CCCCCC2)c1. The van der Waals surface area contributed by atoms with Crippen LogP contribution in [0.25, 0.3) is 0 Å². The predicted molar refractivity (Wildman–Crippen MR) is 167 cm³/mol. The Bertz CT molecular complexity index is 1230. The number of methoxy groups -OCH3 is 1. The molecule has 40 heavy (non-hydrogen) atoms. The van der Waals surface area contributed by atoms with E-state index in [1.54, 1.807) is 19.2 Å². The number of hydrazine groups is 1. The monoisotopic (exact) mass is 568 g/mol. The first-order valence-corrected chi connectivity index (χ1v) is 14.9. The van der Waals surface area contributed by atoms with E-state index in [2.05, 4.69) is 36.1 Å². The first kappa shape index (κ1) is 31.2. The summed E-state index contributed by atoms with van der Waals surface area (Å²) in [5.74, 6) is 6.20. The molecule has 7 N–H and O–H groups in total. The summed E-state index contributed by atoms with van der Waals surface area (Å²) < 4.78 is 8.91. The fourth-order valence-corrected chi connectivity index (χ4v) is 5.13. The fourth-order valence-electron chi connectivity index (χ4n) is 4.75. The highest BCUT2D eigenvalue weighted by Gasteiger charge is 2.22. The van der Waals surface area contributed by atoms with Crippen molar-refractivity contribution in [3.63, 3.8) is 0 Å². The van der Waals surface area contributed by atoms with Crippen LogP contribution in [0, 0.1) is 6.92 Å². The molecule has 2 aromatic carbocycles. The lowest BCUT2D eigenvalue weighted by Crippen LogP contribution is -2.39. The summed E-state index contributed by atoms with van der Waals surface area (Å²) in [6.07, 6.45) is 9.84. The molecule has 2 amide bonds. The second-order valence-electron chi connectivity index (χ2n) is 11.3. The number of ether oxygens (including phenoxy) is 1. The van der Waals surface area contributed by atoms with Gasteiger partial charge in [0.2, 0.25) is 0 Å². The quantitative estimate of drug-likeness (QED) is 0.0872. The van der Waals surface area contributed by atoms with E-state index in [-0.39, 0.29) is 29.0 Å². The second-order valence-corrected chi connectivity index (χ2v) is 11.9. The molecule has 0 aliphatic heterocycles. The van der Waals surface area contributed by atoms with Crippen LogP contribution in [0.2, 0.25) is 0 Å². The zero-order chi connectivity index (χ0) is 29.4. The van der Waals surface area contributed by atoms with Crippen molar-refractivity contribution in [2.24, 2.45) is 11.6 Å². The van der Waals surface area contributed by atoms with Crippen LogP contribution in [0.5, 0.6) is 5.75 Å². The number of rotatable bonds is 9. The van der Waals surface area contributed by atoms with Crippen molar-refractivity contribution in [3.05, 3.63) is 58.9 Å². The van der Waals surface area contributed by atoms with Crippen molar-refractivity contribution >= 4 is 40.8 Å². The molecule has 0 atom stereocenters. The third-order valence-electron chi connectivity index (χ3n) is 7.10. The molecule has 3 rings (SSSR count). The molecule has 0 saturated heterocycles. The van der Waals surface area contributed by atoms with E-state index in [1.165, 1.54) is 36.0 Å². The lowest BCUT2D eigenvalue weighted by atomic mass is 9.86. The van der Waals surface area contributed by atoms with E-state index < -0.39 is 0 Å². The molecule has 218 valence electrons. The highest BCUT2D eigenvalue weighted by molar-refractivity contribution is 7.99. The van der Waals surface area contributed by atoms with Crippen molar-refractivity contribution < 1.29 is 14.3 Å². The third-order valence-corrected chi connectivity index (χ3v) is 7.52. The summed E-state index contributed by atoms with van der Waals surface area (Å²) in [7, 11) is 1.58. The van der Waals surface area contributed by atoms with Crippen LogP contribution in [0.4, 0.5) is 17.1 Å². The smallest absolute Gasteiger partial charge is 0.268 e. The molecule has 10 heteroatoms. The number of aryl methyl sites for hydroxylation is 1. The number of carbonyl (C=O) groups excluding carboxylic acids is 2. The van der Waals surface area contributed by atoms with Crippen molar-refractivity contribution in [1.29, 1.82) is 0 Å². The molecule has 1 aliphatic rings. The Morgan fingerprint density at radius 1 is 1.07 bits per heavy atom. The van der Waals surface area contributed by atoms with Gasteiger partial charge in [-0.2, -0.15) is 0 Å². The van der Waals surface area contributed by atoms with Gasteiger partial charge in [-0.1, -0.05) is 64.5 Å². The molecule has 0 radical (unpaired) electrons. The number of benzene rings is 2. The molecule has 0 spiro atoms. The number of hydrogen-bond donors (Lipinski definition) is 5. The first-order chi connectivity index (χ1) is 18.9. The molecule has 0 bridgehead atoms. The van der Waals surface area contributed by atoms with E-state index in [0.717, 1.165) is 42.5 Å². The van der Waals surface area contributed by atoms with Crippen LogP contribution in [-0.2, 0) is 10.2 Å². The Morgan fingerprint density at radius 3 is 2.33 bits per heavy atom. The van der Waals surface area contributed by atoms with Crippen molar-refractivity contribution in [3.8, 4) is 5.75 Å². The minimum Gasteiger partial charge on any atom is -0.492 e. The van der Waals surface area contributed by atoms with Crippen molar-refractivity contribution in [1.82, 2.24) is 5.32 Å². The van der Waals surface area contributed by atoms with Gasteiger partial charge in [0.05, 0.1) is 24.2 Å². The average Bonchev–Trinajstić information content (AvgIpc) is 3.17. The van der Waals surface area contributed by atoms with E-state index in [4.69, 9.17) is 16.3 Å².